The topological polar surface area (TPSA) is 139 Å². The summed E-state index contributed by atoms with van der Waals surface area (Å²) in [5.41, 5.74) is 1.05. The van der Waals surface area contributed by atoms with Crippen molar-refractivity contribution in [2.75, 3.05) is 24.5 Å². The Balaban J connectivity index is 2.07. The maximum Gasteiger partial charge on any atom is 0.273 e. The van der Waals surface area contributed by atoms with Crippen LogP contribution in [0.4, 0.5) is 11.4 Å². The van der Waals surface area contributed by atoms with Gasteiger partial charge in [-0.25, -0.2) is 8.42 Å². The van der Waals surface area contributed by atoms with Gasteiger partial charge in [-0.05, 0) is 69.0 Å². The second-order valence-corrected chi connectivity index (χ2v) is 12.3. The number of aryl methyl sites for hydroxylation is 1. The molecule has 0 aliphatic rings. The zero-order valence-corrected chi connectivity index (χ0v) is 26.5. The van der Waals surface area contributed by atoms with Gasteiger partial charge in [-0.1, -0.05) is 50.2 Å². The lowest BCUT2D eigenvalue weighted by Crippen LogP contribution is -2.54. The molecule has 2 atom stereocenters. The minimum Gasteiger partial charge on any atom is -0.497 e. The number of methoxy groups -OCH3 is 1. The zero-order valence-electron chi connectivity index (χ0n) is 25.7. The molecule has 0 heterocycles. The predicted octanol–water partition coefficient (Wildman–Crippen LogP) is 4.87. The van der Waals surface area contributed by atoms with Crippen LogP contribution in [0.1, 0.15) is 44.7 Å². The number of nitro benzene ring substituents is 1. The van der Waals surface area contributed by atoms with E-state index in [1.165, 1.54) is 43.2 Å². The van der Waals surface area contributed by atoms with E-state index in [1.807, 2.05) is 44.2 Å². The minimum absolute atomic E-state index is 0.115. The quantitative estimate of drug-likeness (QED) is 0.188. The number of nitro groups is 1. The van der Waals surface area contributed by atoms with E-state index in [0.717, 1.165) is 15.9 Å². The minimum atomic E-state index is -4.48. The van der Waals surface area contributed by atoms with Crippen LogP contribution in [0.25, 0.3) is 0 Å². The first-order chi connectivity index (χ1) is 20.9. The normalized spacial score (nSPS) is 12.6. The second-order valence-electron chi connectivity index (χ2n) is 10.5. The lowest BCUT2D eigenvalue weighted by molar-refractivity contribution is -0.385. The van der Waals surface area contributed by atoms with Crippen molar-refractivity contribution < 1.29 is 27.7 Å². The lowest BCUT2D eigenvalue weighted by Gasteiger charge is -2.33. The van der Waals surface area contributed by atoms with Gasteiger partial charge in [0.2, 0.25) is 11.8 Å². The average Bonchev–Trinajstić information content (AvgIpc) is 3.02. The molecule has 12 heteroatoms. The molecule has 3 aromatic carbocycles. The first-order valence-electron chi connectivity index (χ1n) is 14.5. The summed E-state index contributed by atoms with van der Waals surface area (Å²) < 4.78 is 34.3. The van der Waals surface area contributed by atoms with Gasteiger partial charge < -0.3 is 15.0 Å². The summed E-state index contributed by atoms with van der Waals surface area (Å²) in [5, 5.41) is 14.6. The third-order valence-electron chi connectivity index (χ3n) is 7.48. The Kier molecular flexibility index (Phi) is 11.9. The van der Waals surface area contributed by atoms with Gasteiger partial charge >= 0.3 is 0 Å². The largest absolute Gasteiger partial charge is 0.497 e. The summed E-state index contributed by atoms with van der Waals surface area (Å²) in [6.07, 6.45) is 1.45. The van der Waals surface area contributed by atoms with E-state index >= 15 is 0 Å². The number of nitrogens with one attached hydrogen (secondary N) is 1. The van der Waals surface area contributed by atoms with Gasteiger partial charge in [0.1, 0.15) is 18.3 Å². The number of nitrogens with zero attached hydrogens (tertiary/aromatic N) is 3. The SMILES string of the molecule is CC[C@H](C(=O)N[C@@H](C)CC)N(CCc1ccccc1)C(=O)CN(c1ccc(OC)cc1)S(=O)(=O)c1ccc(C)c([N+](=O)[O-])c1. The number of carbonyl (C=O) groups is 2. The van der Waals surface area contributed by atoms with Crippen LogP contribution in [-0.4, -0.2) is 62.3 Å². The number of hydrogen-bond acceptors (Lipinski definition) is 7. The van der Waals surface area contributed by atoms with E-state index in [2.05, 4.69) is 5.32 Å². The van der Waals surface area contributed by atoms with Gasteiger partial charge in [0.15, 0.2) is 0 Å². The van der Waals surface area contributed by atoms with Crippen LogP contribution in [0, 0.1) is 17.0 Å². The Bertz CT molecular complexity index is 1550. The van der Waals surface area contributed by atoms with Crippen molar-refractivity contribution in [1.82, 2.24) is 10.2 Å². The summed E-state index contributed by atoms with van der Waals surface area (Å²) in [5.74, 6) is -0.440. The predicted molar refractivity (Wildman–Crippen MR) is 169 cm³/mol. The molecule has 0 aromatic heterocycles. The summed E-state index contributed by atoms with van der Waals surface area (Å²) in [4.78, 5) is 39.6. The van der Waals surface area contributed by atoms with E-state index in [-0.39, 0.29) is 34.8 Å². The number of sulfonamides is 1. The maximum absolute atomic E-state index is 14.1. The number of carbonyl (C=O) groups excluding carboxylic acids is 2. The molecule has 0 aliphatic carbocycles. The number of hydrogen-bond donors (Lipinski definition) is 1. The standard InChI is InChI=1S/C32H40N4O7S/c1-6-24(4)33-32(38)29(7-2)34(20-19-25-11-9-8-10-12-25)31(37)22-35(26-14-16-27(43-5)17-15-26)44(41,42)28-18-13-23(3)30(21-28)36(39)40/h8-18,21,24,29H,6-7,19-20,22H2,1-5H3,(H,33,38)/t24-,29+/m0/s1. The van der Waals surface area contributed by atoms with E-state index < -0.39 is 33.4 Å². The van der Waals surface area contributed by atoms with Crippen LogP contribution in [0.2, 0.25) is 0 Å². The van der Waals surface area contributed by atoms with Gasteiger partial charge in [-0.15, -0.1) is 0 Å². The molecule has 0 saturated heterocycles. The molecule has 236 valence electrons. The van der Waals surface area contributed by atoms with Crippen molar-refractivity contribution in [1.29, 1.82) is 0 Å². The molecule has 0 aliphatic heterocycles. The number of benzene rings is 3. The third kappa shape index (κ3) is 8.34. The fraction of sp³-hybridized carbons (Fsp3) is 0.375. The molecule has 0 saturated carbocycles. The first-order valence-corrected chi connectivity index (χ1v) is 15.9. The number of anilines is 1. The Morgan fingerprint density at radius 1 is 1.00 bits per heavy atom. The molecule has 0 radical (unpaired) electrons. The monoisotopic (exact) mass is 624 g/mol. The molecule has 1 N–H and O–H groups in total. The molecule has 3 aromatic rings. The second kappa shape index (κ2) is 15.3. The molecule has 0 unspecified atom stereocenters. The Labute approximate surface area is 259 Å². The highest BCUT2D eigenvalue weighted by Gasteiger charge is 2.34. The Morgan fingerprint density at radius 3 is 2.23 bits per heavy atom. The number of amides is 2. The fourth-order valence-corrected chi connectivity index (χ4v) is 6.12. The van der Waals surface area contributed by atoms with Crippen LogP contribution >= 0.6 is 0 Å². The molecular formula is C32H40N4O7S. The molecule has 3 rings (SSSR count). The van der Waals surface area contributed by atoms with Gasteiger partial charge in [-0.3, -0.25) is 24.0 Å². The number of ether oxygens (including phenoxy) is 1. The summed E-state index contributed by atoms with van der Waals surface area (Å²) >= 11 is 0. The first kappa shape index (κ1) is 34.0. The Morgan fingerprint density at radius 2 is 1.66 bits per heavy atom. The van der Waals surface area contributed by atoms with Crippen LogP contribution in [0.3, 0.4) is 0 Å². The van der Waals surface area contributed by atoms with Crippen molar-refractivity contribution >= 4 is 33.2 Å². The highest BCUT2D eigenvalue weighted by atomic mass is 32.2. The van der Waals surface area contributed by atoms with E-state index in [9.17, 15) is 28.1 Å². The smallest absolute Gasteiger partial charge is 0.273 e. The molecule has 0 fully saturated rings. The molecule has 0 bridgehead atoms. The van der Waals surface area contributed by atoms with Gasteiger partial charge in [0.25, 0.3) is 15.7 Å². The summed E-state index contributed by atoms with van der Waals surface area (Å²) in [7, 11) is -3.01. The highest BCUT2D eigenvalue weighted by molar-refractivity contribution is 7.92. The van der Waals surface area contributed by atoms with Gasteiger partial charge in [-0.2, -0.15) is 0 Å². The van der Waals surface area contributed by atoms with Crippen molar-refractivity contribution in [3.63, 3.8) is 0 Å². The van der Waals surface area contributed by atoms with Crippen LogP contribution in [0.5, 0.6) is 5.75 Å². The fourth-order valence-electron chi connectivity index (χ4n) is 4.69. The molecule has 2 amide bonds. The molecule has 11 nitrogen and oxygen atoms in total. The van der Waals surface area contributed by atoms with Crippen molar-refractivity contribution in [3.05, 3.63) is 94.0 Å². The van der Waals surface area contributed by atoms with Crippen molar-refractivity contribution in [2.24, 2.45) is 0 Å². The summed E-state index contributed by atoms with van der Waals surface area (Å²) in [6.45, 7) is 6.66. The molecule has 44 heavy (non-hydrogen) atoms. The third-order valence-corrected chi connectivity index (χ3v) is 9.25. The summed E-state index contributed by atoms with van der Waals surface area (Å²) in [6, 6.07) is 18.3. The molecule has 0 spiro atoms. The highest BCUT2D eigenvalue weighted by Crippen LogP contribution is 2.29. The van der Waals surface area contributed by atoms with E-state index in [1.54, 1.807) is 19.1 Å². The van der Waals surface area contributed by atoms with E-state index in [4.69, 9.17) is 4.74 Å². The van der Waals surface area contributed by atoms with Crippen molar-refractivity contribution in [3.8, 4) is 5.75 Å². The van der Waals surface area contributed by atoms with E-state index in [0.29, 0.717) is 30.6 Å². The van der Waals surface area contributed by atoms with Gasteiger partial charge in [0.05, 0.1) is 22.6 Å². The zero-order chi connectivity index (χ0) is 32.4. The van der Waals surface area contributed by atoms with Crippen molar-refractivity contribution in [2.45, 2.75) is 63.9 Å². The van der Waals surface area contributed by atoms with Crippen LogP contribution < -0.4 is 14.4 Å². The van der Waals surface area contributed by atoms with Crippen LogP contribution in [0.15, 0.2) is 77.7 Å². The van der Waals surface area contributed by atoms with Crippen LogP contribution in [-0.2, 0) is 26.0 Å². The lowest BCUT2D eigenvalue weighted by atomic mass is 10.1. The maximum atomic E-state index is 14.1. The Hall–Kier alpha value is -4.45. The number of rotatable bonds is 15. The van der Waals surface area contributed by atoms with Gasteiger partial charge in [0, 0.05) is 24.2 Å². The molecular weight excluding hydrogens is 584 g/mol. The average molecular weight is 625 g/mol.